The maximum atomic E-state index is 12.4. The zero-order chi connectivity index (χ0) is 17.3. The number of carbonyl (C=O) groups excluding carboxylic acids is 1. The van der Waals surface area contributed by atoms with Gasteiger partial charge in [-0.3, -0.25) is 4.79 Å². The quantitative estimate of drug-likeness (QED) is 0.784. The lowest BCUT2D eigenvalue weighted by molar-refractivity contribution is -0.909. The SMILES string of the molecule is O=C(/C=C/c1ccccc1)N[C@H](C[NH+]1CCOCC1)c1ccccc1. The summed E-state index contributed by atoms with van der Waals surface area (Å²) in [5.41, 5.74) is 2.16. The van der Waals surface area contributed by atoms with E-state index in [0.717, 1.165) is 44.0 Å². The molecule has 0 radical (unpaired) electrons. The smallest absolute Gasteiger partial charge is 0.244 e. The van der Waals surface area contributed by atoms with Gasteiger partial charge in [0.15, 0.2) is 0 Å². The van der Waals surface area contributed by atoms with Crippen LogP contribution >= 0.6 is 0 Å². The van der Waals surface area contributed by atoms with Crippen molar-refractivity contribution in [2.24, 2.45) is 0 Å². The van der Waals surface area contributed by atoms with Crippen molar-refractivity contribution < 1.29 is 14.4 Å². The molecule has 1 amide bonds. The highest BCUT2D eigenvalue weighted by molar-refractivity contribution is 5.92. The van der Waals surface area contributed by atoms with Crippen molar-refractivity contribution in [2.45, 2.75) is 6.04 Å². The second-order valence-electron chi connectivity index (χ2n) is 6.28. The second kappa shape index (κ2) is 9.16. The number of nitrogens with one attached hydrogen (secondary N) is 2. The van der Waals surface area contributed by atoms with Crippen molar-refractivity contribution in [3.63, 3.8) is 0 Å². The average molecular weight is 337 g/mol. The lowest BCUT2D eigenvalue weighted by atomic mass is 10.1. The van der Waals surface area contributed by atoms with Gasteiger partial charge in [0.05, 0.1) is 13.2 Å². The summed E-state index contributed by atoms with van der Waals surface area (Å²) in [5.74, 6) is -0.0645. The molecule has 1 aliphatic heterocycles. The first-order valence-corrected chi connectivity index (χ1v) is 8.81. The monoisotopic (exact) mass is 337 g/mol. The minimum atomic E-state index is -0.0645. The van der Waals surface area contributed by atoms with Crippen molar-refractivity contribution in [2.75, 3.05) is 32.8 Å². The van der Waals surface area contributed by atoms with E-state index >= 15 is 0 Å². The molecular weight excluding hydrogens is 312 g/mol. The van der Waals surface area contributed by atoms with E-state index in [0.29, 0.717) is 0 Å². The number of hydrogen-bond donors (Lipinski definition) is 2. The molecule has 130 valence electrons. The summed E-state index contributed by atoms with van der Waals surface area (Å²) in [6, 6.07) is 20.0. The molecule has 4 heteroatoms. The van der Waals surface area contributed by atoms with E-state index in [9.17, 15) is 4.79 Å². The minimum absolute atomic E-state index is 0.00206. The number of rotatable bonds is 6. The van der Waals surface area contributed by atoms with Gasteiger partial charge < -0.3 is 15.0 Å². The number of hydrogen-bond acceptors (Lipinski definition) is 2. The molecular formula is C21H25N2O2+. The van der Waals surface area contributed by atoms with E-state index in [-0.39, 0.29) is 11.9 Å². The molecule has 0 bridgehead atoms. The molecule has 1 saturated heterocycles. The Bertz CT molecular complexity index is 680. The van der Waals surface area contributed by atoms with Gasteiger partial charge in [-0.05, 0) is 17.2 Å². The molecule has 0 aliphatic carbocycles. The Morgan fingerprint density at radius 1 is 1.04 bits per heavy atom. The number of benzene rings is 2. The normalized spacial score (nSPS) is 16.6. The van der Waals surface area contributed by atoms with Crippen molar-refractivity contribution in [1.82, 2.24) is 5.32 Å². The van der Waals surface area contributed by atoms with Crippen molar-refractivity contribution in [3.05, 3.63) is 77.9 Å². The Morgan fingerprint density at radius 3 is 2.36 bits per heavy atom. The molecule has 2 aromatic rings. The molecule has 0 saturated carbocycles. The lowest BCUT2D eigenvalue weighted by Crippen LogP contribution is -3.14. The predicted molar refractivity (Wildman–Crippen MR) is 99.2 cm³/mol. The third kappa shape index (κ3) is 5.55. The van der Waals surface area contributed by atoms with Gasteiger partial charge in [0.1, 0.15) is 25.7 Å². The topological polar surface area (TPSA) is 42.8 Å². The molecule has 0 aromatic heterocycles. The molecule has 1 atom stereocenters. The maximum Gasteiger partial charge on any atom is 0.244 e. The fraction of sp³-hybridized carbons (Fsp3) is 0.286. The minimum Gasteiger partial charge on any atom is -0.370 e. The Balaban J connectivity index is 1.66. The number of carbonyl (C=O) groups is 1. The first kappa shape index (κ1) is 17.4. The van der Waals surface area contributed by atoms with Gasteiger partial charge in [0.2, 0.25) is 5.91 Å². The summed E-state index contributed by atoms with van der Waals surface area (Å²) < 4.78 is 5.44. The zero-order valence-electron chi connectivity index (χ0n) is 14.4. The summed E-state index contributed by atoms with van der Waals surface area (Å²) in [4.78, 5) is 13.9. The predicted octanol–water partition coefficient (Wildman–Crippen LogP) is 1.47. The summed E-state index contributed by atoms with van der Waals surface area (Å²) in [6.45, 7) is 4.42. The highest BCUT2D eigenvalue weighted by Crippen LogP contribution is 2.11. The van der Waals surface area contributed by atoms with Crippen LogP contribution in [-0.2, 0) is 9.53 Å². The molecule has 2 aromatic carbocycles. The molecule has 1 fully saturated rings. The molecule has 4 nitrogen and oxygen atoms in total. The van der Waals surface area contributed by atoms with E-state index < -0.39 is 0 Å². The standard InChI is InChI=1S/C21H24N2O2/c24-21(12-11-18-7-3-1-4-8-18)22-20(19-9-5-2-6-10-19)17-23-13-15-25-16-14-23/h1-12,20H,13-17H2,(H,22,24)/p+1/b12-11+/t20-/m1/s1. The lowest BCUT2D eigenvalue weighted by Gasteiger charge is -2.28. The summed E-state index contributed by atoms with van der Waals surface area (Å²) in [7, 11) is 0. The third-order valence-electron chi connectivity index (χ3n) is 4.44. The van der Waals surface area contributed by atoms with Crippen molar-refractivity contribution >= 4 is 12.0 Å². The van der Waals surface area contributed by atoms with Crippen LogP contribution in [0.2, 0.25) is 0 Å². The van der Waals surface area contributed by atoms with Crippen LogP contribution in [0, 0.1) is 0 Å². The number of ether oxygens (including phenoxy) is 1. The van der Waals surface area contributed by atoms with E-state index in [1.165, 1.54) is 4.90 Å². The van der Waals surface area contributed by atoms with Crippen LogP contribution < -0.4 is 10.2 Å². The van der Waals surface area contributed by atoms with Crippen LogP contribution in [0.3, 0.4) is 0 Å². The van der Waals surface area contributed by atoms with Gasteiger partial charge in [-0.25, -0.2) is 0 Å². The number of amides is 1. The average Bonchev–Trinajstić information content (AvgIpc) is 2.68. The molecule has 2 N–H and O–H groups in total. The van der Waals surface area contributed by atoms with Gasteiger partial charge in [-0.1, -0.05) is 60.7 Å². The zero-order valence-corrected chi connectivity index (χ0v) is 14.4. The highest BCUT2D eigenvalue weighted by Gasteiger charge is 2.22. The molecule has 1 heterocycles. The first-order valence-electron chi connectivity index (χ1n) is 8.81. The fourth-order valence-corrected chi connectivity index (χ4v) is 3.05. The second-order valence-corrected chi connectivity index (χ2v) is 6.28. The van der Waals surface area contributed by atoms with Crippen molar-refractivity contribution in [1.29, 1.82) is 0 Å². The van der Waals surface area contributed by atoms with Gasteiger partial charge >= 0.3 is 0 Å². The molecule has 3 rings (SSSR count). The molecule has 0 spiro atoms. The Morgan fingerprint density at radius 2 is 1.68 bits per heavy atom. The molecule has 1 aliphatic rings. The van der Waals surface area contributed by atoms with Crippen LogP contribution in [0.5, 0.6) is 0 Å². The first-order chi connectivity index (χ1) is 12.3. The Kier molecular flexibility index (Phi) is 6.37. The largest absolute Gasteiger partial charge is 0.370 e. The van der Waals surface area contributed by atoms with Crippen LogP contribution in [0.1, 0.15) is 17.2 Å². The van der Waals surface area contributed by atoms with Crippen molar-refractivity contribution in [3.8, 4) is 0 Å². The summed E-state index contributed by atoms with van der Waals surface area (Å²) >= 11 is 0. The fourth-order valence-electron chi connectivity index (χ4n) is 3.05. The van der Waals surface area contributed by atoms with E-state index in [1.54, 1.807) is 6.08 Å². The van der Waals surface area contributed by atoms with E-state index in [2.05, 4.69) is 17.4 Å². The Hall–Kier alpha value is -2.43. The van der Waals surface area contributed by atoms with Gasteiger partial charge in [0, 0.05) is 6.08 Å². The Labute approximate surface area is 149 Å². The molecule has 25 heavy (non-hydrogen) atoms. The van der Waals surface area contributed by atoms with Gasteiger partial charge in [-0.2, -0.15) is 0 Å². The van der Waals surface area contributed by atoms with Crippen LogP contribution in [-0.4, -0.2) is 38.8 Å². The molecule has 0 unspecified atom stereocenters. The van der Waals surface area contributed by atoms with Crippen LogP contribution in [0.4, 0.5) is 0 Å². The number of morpholine rings is 1. The van der Waals surface area contributed by atoms with E-state index in [1.807, 2.05) is 54.6 Å². The highest BCUT2D eigenvalue weighted by atomic mass is 16.5. The van der Waals surface area contributed by atoms with Gasteiger partial charge in [-0.15, -0.1) is 0 Å². The van der Waals surface area contributed by atoms with Crippen LogP contribution in [0.25, 0.3) is 6.08 Å². The summed E-state index contributed by atoms with van der Waals surface area (Å²) in [6.07, 6.45) is 3.46. The van der Waals surface area contributed by atoms with E-state index in [4.69, 9.17) is 4.74 Å². The van der Waals surface area contributed by atoms with Gasteiger partial charge in [0.25, 0.3) is 0 Å². The third-order valence-corrected chi connectivity index (χ3v) is 4.44. The summed E-state index contributed by atoms with van der Waals surface area (Å²) in [5, 5.41) is 3.16. The number of quaternary nitrogens is 1. The van der Waals surface area contributed by atoms with Crippen LogP contribution in [0.15, 0.2) is 66.7 Å². The maximum absolute atomic E-state index is 12.4.